The minimum absolute atomic E-state index is 0.640. The number of hydrogen-bond donors (Lipinski definition) is 1. The summed E-state index contributed by atoms with van der Waals surface area (Å²) in [4.78, 5) is 0. The van der Waals surface area contributed by atoms with Gasteiger partial charge in [-0.3, -0.25) is 0 Å². The molecule has 0 spiro atoms. The van der Waals surface area contributed by atoms with Gasteiger partial charge in [0, 0.05) is 6.61 Å². The van der Waals surface area contributed by atoms with Crippen molar-refractivity contribution >= 4 is 0 Å². The Morgan fingerprint density at radius 1 is 1.36 bits per heavy atom. The van der Waals surface area contributed by atoms with Gasteiger partial charge in [-0.05, 0) is 32.4 Å². The van der Waals surface area contributed by atoms with Crippen molar-refractivity contribution in [1.82, 2.24) is 5.32 Å². The molecule has 0 rings (SSSR count). The molecule has 0 aliphatic carbocycles. The Bertz CT molecular complexity index is 76.0. The van der Waals surface area contributed by atoms with Crippen LogP contribution in [-0.2, 0) is 4.74 Å². The highest BCUT2D eigenvalue weighted by molar-refractivity contribution is 4.54. The van der Waals surface area contributed by atoms with Crippen molar-refractivity contribution in [2.45, 2.75) is 27.2 Å². The van der Waals surface area contributed by atoms with Crippen LogP contribution in [0.1, 0.15) is 27.2 Å². The molecular formula is C9H21NO. The maximum absolute atomic E-state index is 5.29. The average Bonchev–Trinajstić information content (AvgIpc) is 2.01. The molecule has 2 nitrogen and oxygen atoms in total. The molecule has 2 heteroatoms. The first kappa shape index (κ1) is 10.9. The minimum Gasteiger partial charge on any atom is -0.381 e. The van der Waals surface area contributed by atoms with Crippen LogP contribution in [-0.4, -0.2) is 26.3 Å². The summed E-state index contributed by atoms with van der Waals surface area (Å²) in [5, 5.41) is 3.36. The molecule has 0 aromatic rings. The number of nitrogens with one attached hydrogen (secondary N) is 1. The Balaban J connectivity index is 3.02. The molecular weight excluding hydrogens is 138 g/mol. The van der Waals surface area contributed by atoms with Crippen LogP contribution in [0.15, 0.2) is 0 Å². The van der Waals surface area contributed by atoms with E-state index in [4.69, 9.17) is 4.74 Å². The van der Waals surface area contributed by atoms with E-state index in [0.29, 0.717) is 5.92 Å². The fourth-order valence-electron chi connectivity index (χ4n) is 0.903. The molecule has 0 fully saturated rings. The lowest BCUT2D eigenvalue weighted by Crippen LogP contribution is -2.24. The zero-order chi connectivity index (χ0) is 8.53. The smallest absolute Gasteiger partial charge is 0.0503 e. The number of rotatable bonds is 7. The molecule has 0 aromatic carbocycles. The van der Waals surface area contributed by atoms with Crippen LogP contribution in [0.25, 0.3) is 0 Å². The summed E-state index contributed by atoms with van der Waals surface area (Å²) in [6.45, 7) is 10.3. The zero-order valence-corrected chi connectivity index (χ0v) is 8.02. The second-order valence-electron chi connectivity index (χ2n) is 2.97. The van der Waals surface area contributed by atoms with Gasteiger partial charge in [0.25, 0.3) is 0 Å². The van der Waals surface area contributed by atoms with Crippen LogP contribution >= 0.6 is 0 Å². The lowest BCUT2D eigenvalue weighted by molar-refractivity contribution is 0.116. The largest absolute Gasteiger partial charge is 0.381 e. The molecule has 0 heterocycles. The van der Waals surface area contributed by atoms with Crippen LogP contribution in [0.5, 0.6) is 0 Å². The van der Waals surface area contributed by atoms with Crippen molar-refractivity contribution in [3.8, 4) is 0 Å². The van der Waals surface area contributed by atoms with Gasteiger partial charge in [-0.15, -0.1) is 0 Å². The molecule has 0 bridgehead atoms. The molecule has 0 aliphatic rings. The normalized spacial score (nSPS) is 13.4. The standard InChI is InChI=1S/C9H21NO/c1-4-6-10-7-9(3)8-11-5-2/h9-10H,4-8H2,1-3H3. The highest BCUT2D eigenvalue weighted by atomic mass is 16.5. The van der Waals surface area contributed by atoms with E-state index in [-0.39, 0.29) is 0 Å². The molecule has 1 unspecified atom stereocenters. The molecule has 1 N–H and O–H groups in total. The summed E-state index contributed by atoms with van der Waals surface area (Å²) in [5.41, 5.74) is 0. The van der Waals surface area contributed by atoms with E-state index >= 15 is 0 Å². The van der Waals surface area contributed by atoms with Gasteiger partial charge in [-0.25, -0.2) is 0 Å². The maximum Gasteiger partial charge on any atom is 0.0503 e. The SMILES string of the molecule is CCCNCC(C)COCC. The van der Waals surface area contributed by atoms with Crippen molar-refractivity contribution in [2.75, 3.05) is 26.3 Å². The van der Waals surface area contributed by atoms with E-state index < -0.39 is 0 Å². The van der Waals surface area contributed by atoms with E-state index in [1.54, 1.807) is 0 Å². The summed E-state index contributed by atoms with van der Waals surface area (Å²) in [5.74, 6) is 0.640. The van der Waals surface area contributed by atoms with E-state index in [2.05, 4.69) is 19.2 Å². The van der Waals surface area contributed by atoms with Crippen molar-refractivity contribution < 1.29 is 4.74 Å². The summed E-state index contributed by atoms with van der Waals surface area (Å²) in [6, 6.07) is 0. The molecule has 1 atom stereocenters. The Labute approximate surface area is 70.3 Å². The summed E-state index contributed by atoms with van der Waals surface area (Å²) < 4.78 is 5.29. The summed E-state index contributed by atoms with van der Waals surface area (Å²) in [6.07, 6.45) is 1.21. The fourth-order valence-corrected chi connectivity index (χ4v) is 0.903. The van der Waals surface area contributed by atoms with E-state index in [9.17, 15) is 0 Å². The first-order chi connectivity index (χ1) is 5.31. The highest BCUT2D eigenvalue weighted by Gasteiger charge is 1.99. The van der Waals surface area contributed by atoms with E-state index in [1.165, 1.54) is 6.42 Å². The monoisotopic (exact) mass is 159 g/mol. The Morgan fingerprint density at radius 3 is 2.64 bits per heavy atom. The minimum atomic E-state index is 0.640. The molecule has 0 radical (unpaired) electrons. The van der Waals surface area contributed by atoms with Crippen molar-refractivity contribution in [3.63, 3.8) is 0 Å². The first-order valence-corrected chi connectivity index (χ1v) is 4.59. The van der Waals surface area contributed by atoms with Crippen LogP contribution in [0.2, 0.25) is 0 Å². The van der Waals surface area contributed by atoms with E-state index in [0.717, 1.165) is 26.3 Å². The second kappa shape index (κ2) is 8.02. The van der Waals surface area contributed by atoms with E-state index in [1.807, 2.05) is 6.92 Å². The van der Waals surface area contributed by atoms with Gasteiger partial charge in [0.2, 0.25) is 0 Å². The molecule has 68 valence electrons. The molecule has 0 aromatic heterocycles. The Kier molecular flexibility index (Phi) is 7.96. The Hall–Kier alpha value is -0.0800. The third kappa shape index (κ3) is 7.82. The molecule has 0 amide bonds. The second-order valence-corrected chi connectivity index (χ2v) is 2.97. The van der Waals surface area contributed by atoms with Crippen LogP contribution < -0.4 is 5.32 Å². The fraction of sp³-hybridized carbons (Fsp3) is 1.00. The number of hydrogen-bond acceptors (Lipinski definition) is 2. The van der Waals surface area contributed by atoms with Gasteiger partial charge < -0.3 is 10.1 Å². The lowest BCUT2D eigenvalue weighted by atomic mass is 10.2. The topological polar surface area (TPSA) is 21.3 Å². The quantitative estimate of drug-likeness (QED) is 0.570. The van der Waals surface area contributed by atoms with Crippen LogP contribution in [0.4, 0.5) is 0 Å². The van der Waals surface area contributed by atoms with Gasteiger partial charge in [-0.2, -0.15) is 0 Å². The highest BCUT2D eigenvalue weighted by Crippen LogP contribution is 1.92. The number of ether oxygens (including phenoxy) is 1. The van der Waals surface area contributed by atoms with Gasteiger partial charge in [-0.1, -0.05) is 13.8 Å². The van der Waals surface area contributed by atoms with Gasteiger partial charge in [0.1, 0.15) is 0 Å². The Morgan fingerprint density at radius 2 is 2.09 bits per heavy atom. The van der Waals surface area contributed by atoms with Crippen molar-refractivity contribution in [1.29, 1.82) is 0 Å². The lowest BCUT2D eigenvalue weighted by Gasteiger charge is -2.11. The predicted octanol–water partition coefficient (Wildman–Crippen LogP) is 1.66. The van der Waals surface area contributed by atoms with Gasteiger partial charge in [0.15, 0.2) is 0 Å². The average molecular weight is 159 g/mol. The molecule has 0 saturated carbocycles. The summed E-state index contributed by atoms with van der Waals surface area (Å²) >= 11 is 0. The molecule has 0 saturated heterocycles. The van der Waals surface area contributed by atoms with Crippen LogP contribution in [0, 0.1) is 5.92 Å². The summed E-state index contributed by atoms with van der Waals surface area (Å²) in [7, 11) is 0. The van der Waals surface area contributed by atoms with Gasteiger partial charge >= 0.3 is 0 Å². The van der Waals surface area contributed by atoms with Crippen molar-refractivity contribution in [3.05, 3.63) is 0 Å². The predicted molar refractivity (Wildman–Crippen MR) is 48.8 cm³/mol. The van der Waals surface area contributed by atoms with Gasteiger partial charge in [0.05, 0.1) is 6.61 Å². The molecule has 0 aliphatic heterocycles. The molecule has 11 heavy (non-hydrogen) atoms. The zero-order valence-electron chi connectivity index (χ0n) is 8.02. The maximum atomic E-state index is 5.29. The van der Waals surface area contributed by atoms with Crippen molar-refractivity contribution in [2.24, 2.45) is 5.92 Å². The third-order valence-electron chi connectivity index (χ3n) is 1.53. The third-order valence-corrected chi connectivity index (χ3v) is 1.53. The van der Waals surface area contributed by atoms with Crippen LogP contribution in [0.3, 0.4) is 0 Å². The first-order valence-electron chi connectivity index (χ1n) is 4.59.